The fourth-order valence-corrected chi connectivity index (χ4v) is 4.17. The first-order chi connectivity index (χ1) is 8.77. The molecule has 0 amide bonds. The van der Waals surface area contributed by atoms with Crippen molar-refractivity contribution in [3.05, 3.63) is 35.4 Å². The molecule has 1 saturated carbocycles. The molecule has 1 aromatic carbocycles. The minimum atomic E-state index is -0.0823. The van der Waals surface area contributed by atoms with Crippen molar-refractivity contribution in [1.82, 2.24) is 0 Å². The van der Waals surface area contributed by atoms with Crippen LogP contribution in [0.15, 0.2) is 24.3 Å². The number of aliphatic hydroxyl groups excluding tert-OH is 1. The fourth-order valence-electron chi connectivity index (χ4n) is 4.17. The molecule has 1 nitrogen and oxygen atoms in total. The molecule has 0 heterocycles. The van der Waals surface area contributed by atoms with E-state index in [1.165, 1.54) is 24.0 Å². The Balaban J connectivity index is 1.80. The lowest BCUT2D eigenvalue weighted by atomic mass is 9.91. The molecular weight excluding hydrogens is 220 g/mol. The van der Waals surface area contributed by atoms with Crippen molar-refractivity contribution in [3.63, 3.8) is 0 Å². The van der Waals surface area contributed by atoms with E-state index in [1.54, 1.807) is 0 Å². The van der Waals surface area contributed by atoms with Crippen LogP contribution in [0, 0.1) is 17.8 Å². The lowest BCUT2D eigenvalue weighted by molar-refractivity contribution is 0.0753. The summed E-state index contributed by atoms with van der Waals surface area (Å²) in [6.07, 6.45) is 4.62. The number of fused-ring (bicyclic) bond motifs is 3. The Kier molecular flexibility index (Phi) is 3.19. The van der Waals surface area contributed by atoms with Gasteiger partial charge in [0, 0.05) is 0 Å². The third kappa shape index (κ3) is 1.80. The van der Waals surface area contributed by atoms with Crippen LogP contribution in [0.5, 0.6) is 0 Å². The van der Waals surface area contributed by atoms with E-state index < -0.39 is 0 Å². The van der Waals surface area contributed by atoms with Crippen LogP contribution in [0.4, 0.5) is 0 Å². The zero-order valence-electron chi connectivity index (χ0n) is 11.5. The SMILES string of the molecule is CCC(CC)C(O)C1C2CCc3ccccc3C21. The van der Waals surface area contributed by atoms with Gasteiger partial charge in [0.15, 0.2) is 0 Å². The van der Waals surface area contributed by atoms with Crippen LogP contribution < -0.4 is 0 Å². The van der Waals surface area contributed by atoms with E-state index in [1.807, 2.05) is 0 Å². The summed E-state index contributed by atoms with van der Waals surface area (Å²) in [6.45, 7) is 4.41. The zero-order chi connectivity index (χ0) is 12.7. The normalized spacial score (nSPS) is 30.8. The average Bonchev–Trinajstić information content (AvgIpc) is 3.14. The molecule has 4 atom stereocenters. The van der Waals surface area contributed by atoms with E-state index >= 15 is 0 Å². The van der Waals surface area contributed by atoms with E-state index in [-0.39, 0.29) is 6.10 Å². The van der Waals surface area contributed by atoms with Crippen LogP contribution in [0.25, 0.3) is 0 Å². The molecule has 0 saturated heterocycles. The highest BCUT2D eigenvalue weighted by Crippen LogP contribution is 2.62. The summed E-state index contributed by atoms with van der Waals surface area (Å²) in [7, 11) is 0. The maximum Gasteiger partial charge on any atom is 0.0605 e. The van der Waals surface area contributed by atoms with E-state index in [9.17, 15) is 5.11 Å². The summed E-state index contributed by atoms with van der Waals surface area (Å²) in [5.41, 5.74) is 3.06. The average molecular weight is 244 g/mol. The van der Waals surface area contributed by atoms with Gasteiger partial charge in [-0.2, -0.15) is 0 Å². The summed E-state index contributed by atoms with van der Waals surface area (Å²) in [6, 6.07) is 8.85. The third-order valence-corrected chi connectivity index (χ3v) is 5.32. The van der Waals surface area contributed by atoms with Gasteiger partial charge in [0.2, 0.25) is 0 Å². The summed E-state index contributed by atoms with van der Waals surface area (Å²) < 4.78 is 0. The van der Waals surface area contributed by atoms with Crippen molar-refractivity contribution >= 4 is 0 Å². The number of hydrogen-bond donors (Lipinski definition) is 1. The Morgan fingerprint density at radius 3 is 2.67 bits per heavy atom. The van der Waals surface area contributed by atoms with Gasteiger partial charge in [-0.05, 0) is 47.6 Å². The van der Waals surface area contributed by atoms with Gasteiger partial charge in [0.1, 0.15) is 0 Å². The molecule has 4 unspecified atom stereocenters. The van der Waals surface area contributed by atoms with Crippen LogP contribution in [0.2, 0.25) is 0 Å². The van der Waals surface area contributed by atoms with Crippen molar-refractivity contribution in [2.75, 3.05) is 0 Å². The largest absolute Gasteiger partial charge is 0.393 e. The Bertz CT molecular complexity index is 421. The topological polar surface area (TPSA) is 20.2 Å². The van der Waals surface area contributed by atoms with Crippen molar-refractivity contribution in [3.8, 4) is 0 Å². The van der Waals surface area contributed by atoms with Crippen molar-refractivity contribution < 1.29 is 5.11 Å². The summed E-state index contributed by atoms with van der Waals surface area (Å²) in [5, 5.41) is 10.6. The molecule has 1 heteroatoms. The Morgan fingerprint density at radius 1 is 1.22 bits per heavy atom. The van der Waals surface area contributed by atoms with Crippen LogP contribution in [0.3, 0.4) is 0 Å². The second-order valence-corrected chi connectivity index (χ2v) is 6.07. The van der Waals surface area contributed by atoms with Gasteiger partial charge in [-0.15, -0.1) is 0 Å². The van der Waals surface area contributed by atoms with E-state index in [0.717, 1.165) is 18.8 Å². The molecule has 1 aromatic rings. The highest BCUT2D eigenvalue weighted by atomic mass is 16.3. The van der Waals surface area contributed by atoms with E-state index in [0.29, 0.717) is 17.8 Å². The molecule has 0 aliphatic heterocycles. The van der Waals surface area contributed by atoms with Gasteiger partial charge in [-0.25, -0.2) is 0 Å². The summed E-state index contributed by atoms with van der Waals surface area (Å²) >= 11 is 0. The predicted molar refractivity (Wildman–Crippen MR) is 74.6 cm³/mol. The molecule has 0 aromatic heterocycles. The molecule has 2 aliphatic rings. The molecule has 0 spiro atoms. The van der Waals surface area contributed by atoms with Crippen LogP contribution >= 0.6 is 0 Å². The molecule has 2 aliphatic carbocycles. The number of aliphatic hydroxyl groups is 1. The lowest BCUT2D eigenvalue weighted by Gasteiger charge is -2.20. The van der Waals surface area contributed by atoms with Crippen LogP contribution in [-0.4, -0.2) is 11.2 Å². The predicted octanol–water partition coefficient (Wildman–Crippen LogP) is 3.76. The molecule has 1 fully saturated rings. The zero-order valence-corrected chi connectivity index (χ0v) is 11.5. The summed E-state index contributed by atoms with van der Waals surface area (Å²) in [4.78, 5) is 0. The Morgan fingerprint density at radius 2 is 1.94 bits per heavy atom. The summed E-state index contributed by atoms with van der Waals surface area (Å²) in [5.74, 6) is 2.45. The van der Waals surface area contributed by atoms with Crippen molar-refractivity contribution in [2.24, 2.45) is 17.8 Å². The molecule has 3 rings (SSSR count). The monoisotopic (exact) mass is 244 g/mol. The lowest BCUT2D eigenvalue weighted by Crippen LogP contribution is -2.22. The molecule has 0 bridgehead atoms. The fraction of sp³-hybridized carbons (Fsp3) is 0.647. The number of aryl methyl sites for hydroxylation is 1. The number of rotatable bonds is 4. The maximum absolute atomic E-state index is 10.6. The number of benzene rings is 1. The molecule has 18 heavy (non-hydrogen) atoms. The van der Waals surface area contributed by atoms with Crippen LogP contribution in [-0.2, 0) is 6.42 Å². The molecule has 1 N–H and O–H groups in total. The first kappa shape index (κ1) is 12.2. The van der Waals surface area contributed by atoms with Crippen LogP contribution in [0.1, 0.15) is 50.2 Å². The van der Waals surface area contributed by atoms with Gasteiger partial charge >= 0.3 is 0 Å². The van der Waals surface area contributed by atoms with Crippen molar-refractivity contribution in [2.45, 2.75) is 51.6 Å². The second-order valence-electron chi connectivity index (χ2n) is 6.07. The Hall–Kier alpha value is -0.820. The molecular formula is C17H24O. The van der Waals surface area contributed by atoms with Gasteiger partial charge in [0.05, 0.1) is 6.10 Å². The highest BCUT2D eigenvalue weighted by molar-refractivity contribution is 5.39. The first-order valence-electron chi connectivity index (χ1n) is 7.53. The molecule has 0 radical (unpaired) electrons. The van der Waals surface area contributed by atoms with Gasteiger partial charge in [0.25, 0.3) is 0 Å². The maximum atomic E-state index is 10.6. The Labute approximate surface area is 110 Å². The van der Waals surface area contributed by atoms with Gasteiger partial charge in [-0.1, -0.05) is 51.0 Å². The van der Waals surface area contributed by atoms with E-state index in [4.69, 9.17) is 0 Å². The quantitative estimate of drug-likeness (QED) is 0.855. The van der Waals surface area contributed by atoms with Gasteiger partial charge in [-0.3, -0.25) is 0 Å². The number of hydrogen-bond acceptors (Lipinski definition) is 1. The standard InChI is InChI=1S/C17H24O/c1-3-11(4-2)17(18)16-14-10-9-12-7-5-6-8-13(12)15(14)16/h5-8,11,14-18H,3-4,9-10H2,1-2H3. The van der Waals surface area contributed by atoms with Crippen molar-refractivity contribution in [1.29, 1.82) is 0 Å². The van der Waals surface area contributed by atoms with E-state index in [2.05, 4.69) is 38.1 Å². The van der Waals surface area contributed by atoms with Gasteiger partial charge < -0.3 is 5.11 Å². The minimum Gasteiger partial charge on any atom is -0.393 e. The minimum absolute atomic E-state index is 0.0823. The molecule has 98 valence electrons. The second kappa shape index (κ2) is 4.70. The first-order valence-corrected chi connectivity index (χ1v) is 7.53. The third-order valence-electron chi connectivity index (χ3n) is 5.32. The smallest absolute Gasteiger partial charge is 0.0605 e. The highest BCUT2D eigenvalue weighted by Gasteiger charge is 2.56.